The van der Waals surface area contributed by atoms with Gasteiger partial charge >= 0.3 is 0 Å². The lowest BCUT2D eigenvalue weighted by molar-refractivity contribution is -0.127. The van der Waals surface area contributed by atoms with Crippen molar-refractivity contribution in [2.75, 3.05) is 20.6 Å². The van der Waals surface area contributed by atoms with Crippen LogP contribution in [0.15, 0.2) is 29.3 Å². The van der Waals surface area contributed by atoms with Gasteiger partial charge in [-0.15, -0.1) is 24.0 Å². The highest BCUT2D eigenvalue weighted by atomic mass is 127. The summed E-state index contributed by atoms with van der Waals surface area (Å²) in [5.41, 5.74) is 1.05. The number of nitrogens with zero attached hydrogens (tertiary/aromatic N) is 2. The second-order valence-electron chi connectivity index (χ2n) is 6.06. The molecule has 5 nitrogen and oxygen atoms in total. The van der Waals surface area contributed by atoms with E-state index in [1.807, 2.05) is 24.3 Å². The predicted octanol–water partition coefficient (Wildman–Crippen LogP) is 3.02. The van der Waals surface area contributed by atoms with Crippen LogP contribution in [0.25, 0.3) is 0 Å². The minimum atomic E-state index is 0. The molecule has 0 aromatic heterocycles. The highest BCUT2D eigenvalue weighted by Gasteiger charge is 2.16. The molecule has 0 aliphatic heterocycles. The first kappa shape index (κ1) is 21.0. The quantitative estimate of drug-likeness (QED) is 0.400. The van der Waals surface area contributed by atoms with E-state index in [1.54, 1.807) is 19.0 Å². The molecule has 134 valence electrons. The molecule has 0 saturated heterocycles. The van der Waals surface area contributed by atoms with Crippen molar-refractivity contribution in [1.29, 1.82) is 0 Å². The van der Waals surface area contributed by atoms with Crippen molar-refractivity contribution in [3.05, 3.63) is 34.9 Å². The summed E-state index contributed by atoms with van der Waals surface area (Å²) in [6.07, 6.45) is 4.80. The van der Waals surface area contributed by atoms with E-state index < -0.39 is 0 Å². The van der Waals surface area contributed by atoms with Crippen molar-refractivity contribution in [3.8, 4) is 0 Å². The average molecular weight is 465 g/mol. The molecule has 1 aliphatic carbocycles. The molecule has 1 aliphatic rings. The Hall–Kier alpha value is -1.02. The van der Waals surface area contributed by atoms with Crippen molar-refractivity contribution in [2.24, 2.45) is 4.99 Å². The molecule has 1 saturated carbocycles. The third-order valence-corrected chi connectivity index (χ3v) is 4.15. The number of rotatable bonds is 5. The van der Waals surface area contributed by atoms with Crippen LogP contribution in [0, 0.1) is 0 Å². The lowest BCUT2D eigenvalue weighted by atomic mass is 10.2. The summed E-state index contributed by atoms with van der Waals surface area (Å²) in [7, 11) is 3.49. The topological polar surface area (TPSA) is 56.7 Å². The third-order valence-electron chi connectivity index (χ3n) is 3.91. The van der Waals surface area contributed by atoms with Gasteiger partial charge in [0.15, 0.2) is 5.96 Å². The number of benzene rings is 1. The minimum Gasteiger partial charge on any atom is -0.354 e. The number of aliphatic imine (C=N–C) groups is 1. The Labute approximate surface area is 166 Å². The van der Waals surface area contributed by atoms with Gasteiger partial charge in [-0.3, -0.25) is 4.79 Å². The molecule has 7 heteroatoms. The number of carbonyl (C=O) groups is 1. The lowest BCUT2D eigenvalue weighted by Gasteiger charge is -2.18. The van der Waals surface area contributed by atoms with Gasteiger partial charge in [0.05, 0.1) is 13.1 Å². The SMILES string of the molecule is CN(C)C(=O)CNC(=NCc1cccc(Cl)c1)NC1CCCC1.I. The summed E-state index contributed by atoms with van der Waals surface area (Å²) in [6, 6.07) is 8.10. The number of nitrogens with one attached hydrogen (secondary N) is 2. The molecule has 0 radical (unpaired) electrons. The van der Waals surface area contributed by atoms with Crippen LogP contribution < -0.4 is 10.6 Å². The van der Waals surface area contributed by atoms with Gasteiger partial charge in [0, 0.05) is 25.2 Å². The number of hydrogen-bond acceptors (Lipinski definition) is 2. The standard InChI is InChI=1S/C17H25ClN4O.HI/c1-22(2)16(23)12-20-17(21-15-8-3-4-9-15)19-11-13-6-5-7-14(18)10-13;/h5-7,10,15H,3-4,8-9,11-12H2,1-2H3,(H2,19,20,21);1H. The molecule has 1 aromatic carbocycles. The van der Waals surface area contributed by atoms with Crippen LogP contribution >= 0.6 is 35.6 Å². The summed E-state index contributed by atoms with van der Waals surface area (Å²) in [5, 5.41) is 7.26. The number of halogens is 2. The molecule has 0 atom stereocenters. The molecular weight excluding hydrogens is 439 g/mol. The number of likely N-dealkylation sites (N-methyl/N-ethyl adjacent to an activating group) is 1. The van der Waals surface area contributed by atoms with Crippen molar-refractivity contribution in [2.45, 2.75) is 38.3 Å². The Morgan fingerprint density at radius 3 is 2.67 bits per heavy atom. The third kappa shape index (κ3) is 7.25. The van der Waals surface area contributed by atoms with E-state index in [0.29, 0.717) is 23.6 Å². The molecule has 1 fully saturated rings. The zero-order valence-electron chi connectivity index (χ0n) is 14.2. The van der Waals surface area contributed by atoms with E-state index in [-0.39, 0.29) is 36.4 Å². The van der Waals surface area contributed by atoms with E-state index in [1.165, 1.54) is 12.8 Å². The average Bonchev–Trinajstić information content (AvgIpc) is 3.02. The maximum atomic E-state index is 11.8. The normalized spacial score (nSPS) is 14.9. The van der Waals surface area contributed by atoms with E-state index >= 15 is 0 Å². The fourth-order valence-corrected chi connectivity index (χ4v) is 2.75. The highest BCUT2D eigenvalue weighted by Crippen LogP contribution is 2.17. The second kappa shape index (κ2) is 10.8. The largest absolute Gasteiger partial charge is 0.354 e. The lowest BCUT2D eigenvalue weighted by Crippen LogP contribution is -2.46. The predicted molar refractivity (Wildman–Crippen MR) is 110 cm³/mol. The van der Waals surface area contributed by atoms with Crippen LogP contribution in [0.1, 0.15) is 31.2 Å². The Morgan fingerprint density at radius 2 is 2.04 bits per heavy atom. The molecular formula is C17H26ClIN4O. The van der Waals surface area contributed by atoms with Gasteiger partial charge in [0.25, 0.3) is 0 Å². The molecule has 2 N–H and O–H groups in total. The zero-order valence-corrected chi connectivity index (χ0v) is 17.3. The van der Waals surface area contributed by atoms with Crippen LogP contribution in [0.3, 0.4) is 0 Å². The smallest absolute Gasteiger partial charge is 0.241 e. The number of hydrogen-bond donors (Lipinski definition) is 2. The molecule has 0 unspecified atom stereocenters. The molecule has 1 aromatic rings. The Kier molecular flexibility index (Phi) is 9.43. The maximum Gasteiger partial charge on any atom is 0.241 e. The van der Waals surface area contributed by atoms with Gasteiger partial charge in [-0.2, -0.15) is 0 Å². The van der Waals surface area contributed by atoms with Gasteiger partial charge in [-0.1, -0.05) is 36.6 Å². The number of carbonyl (C=O) groups excluding carboxylic acids is 1. The van der Waals surface area contributed by atoms with Gasteiger partial charge in [0.2, 0.25) is 5.91 Å². The molecule has 1 amide bonds. The molecule has 24 heavy (non-hydrogen) atoms. The van der Waals surface area contributed by atoms with E-state index in [2.05, 4.69) is 15.6 Å². The Bertz CT molecular complexity index is 559. The molecule has 0 heterocycles. The van der Waals surface area contributed by atoms with Gasteiger partial charge < -0.3 is 15.5 Å². The summed E-state index contributed by atoms with van der Waals surface area (Å²) in [5.74, 6) is 0.709. The van der Waals surface area contributed by atoms with E-state index in [4.69, 9.17) is 11.6 Å². The van der Waals surface area contributed by atoms with Crippen LogP contribution in [0.4, 0.5) is 0 Å². The number of amides is 1. The van der Waals surface area contributed by atoms with Gasteiger partial charge in [-0.05, 0) is 30.5 Å². The summed E-state index contributed by atoms with van der Waals surface area (Å²) >= 11 is 6.01. The molecule has 0 spiro atoms. The van der Waals surface area contributed by atoms with Gasteiger partial charge in [-0.25, -0.2) is 4.99 Å². The van der Waals surface area contributed by atoms with Crippen molar-refractivity contribution >= 4 is 47.4 Å². The first-order chi connectivity index (χ1) is 11.0. The number of guanidine groups is 1. The van der Waals surface area contributed by atoms with Crippen molar-refractivity contribution < 1.29 is 4.79 Å². The first-order valence-electron chi connectivity index (χ1n) is 8.04. The fraction of sp³-hybridized carbons (Fsp3) is 0.529. The van der Waals surface area contributed by atoms with Gasteiger partial charge in [0.1, 0.15) is 0 Å². The summed E-state index contributed by atoms with van der Waals surface area (Å²) in [4.78, 5) is 17.9. The minimum absolute atomic E-state index is 0. The first-order valence-corrected chi connectivity index (χ1v) is 8.42. The van der Waals surface area contributed by atoms with Crippen LogP contribution in [0.5, 0.6) is 0 Å². The molecule has 2 rings (SSSR count). The second-order valence-corrected chi connectivity index (χ2v) is 6.50. The summed E-state index contributed by atoms with van der Waals surface area (Å²) in [6.45, 7) is 0.764. The van der Waals surface area contributed by atoms with E-state index in [9.17, 15) is 4.79 Å². The Balaban J connectivity index is 0.00000288. The highest BCUT2D eigenvalue weighted by molar-refractivity contribution is 14.0. The van der Waals surface area contributed by atoms with Crippen LogP contribution in [0.2, 0.25) is 5.02 Å². The fourth-order valence-electron chi connectivity index (χ4n) is 2.54. The maximum absolute atomic E-state index is 11.8. The van der Waals surface area contributed by atoms with Crippen molar-refractivity contribution in [1.82, 2.24) is 15.5 Å². The summed E-state index contributed by atoms with van der Waals surface area (Å²) < 4.78 is 0. The van der Waals surface area contributed by atoms with Crippen LogP contribution in [-0.2, 0) is 11.3 Å². The van der Waals surface area contributed by atoms with E-state index in [0.717, 1.165) is 18.4 Å². The Morgan fingerprint density at radius 1 is 1.33 bits per heavy atom. The molecule has 0 bridgehead atoms. The van der Waals surface area contributed by atoms with Crippen molar-refractivity contribution in [3.63, 3.8) is 0 Å². The van der Waals surface area contributed by atoms with Crippen LogP contribution in [-0.4, -0.2) is 43.4 Å². The monoisotopic (exact) mass is 464 g/mol. The zero-order chi connectivity index (χ0) is 16.7.